The second kappa shape index (κ2) is 10.5. The van der Waals surface area contributed by atoms with Crippen LogP contribution in [0.4, 0.5) is 5.69 Å². The maximum Gasteiger partial charge on any atom is 0.310 e. The summed E-state index contributed by atoms with van der Waals surface area (Å²) in [4.78, 5) is 24.0. The highest BCUT2D eigenvalue weighted by Crippen LogP contribution is 2.28. The quantitative estimate of drug-likeness (QED) is 0.318. The third-order valence-electron chi connectivity index (χ3n) is 4.80. The molecule has 3 aromatic rings. The number of sulfone groups is 1. The smallest absolute Gasteiger partial charge is 0.310 e. The van der Waals surface area contributed by atoms with Gasteiger partial charge in [0.05, 0.1) is 21.5 Å². The Bertz CT molecular complexity index is 1280. The van der Waals surface area contributed by atoms with Crippen molar-refractivity contribution in [3.05, 3.63) is 78.4 Å². The molecule has 0 aliphatic heterocycles. The van der Waals surface area contributed by atoms with Gasteiger partial charge in [-0.05, 0) is 67.8 Å². The number of esters is 1. The van der Waals surface area contributed by atoms with Gasteiger partial charge < -0.3 is 10.1 Å². The molecule has 34 heavy (non-hydrogen) atoms. The van der Waals surface area contributed by atoms with E-state index in [2.05, 4.69) is 21.2 Å². The molecule has 6 nitrogen and oxygen atoms in total. The molecule has 0 aliphatic carbocycles. The lowest BCUT2D eigenvalue weighted by Crippen LogP contribution is -2.25. The number of anilines is 1. The SMILES string of the molecule is CC(C)(C)OC(=O)Cc1ccccc1S(=O)(=O)c1ccc(-c2ccc(NC(=O)CBr)cc2)cc1. The average Bonchev–Trinajstić information content (AvgIpc) is 2.78. The van der Waals surface area contributed by atoms with E-state index in [0.29, 0.717) is 11.3 Å². The standard InChI is InChI=1S/C26H26BrNO5S/c1-26(2,3)33-25(30)16-20-6-4-5-7-23(20)34(31,32)22-14-10-19(11-15-22)18-8-12-21(13-9-18)28-24(29)17-27/h4-15H,16-17H2,1-3H3,(H,28,29). The Labute approximate surface area is 208 Å². The molecule has 3 aromatic carbocycles. The molecule has 0 radical (unpaired) electrons. The minimum Gasteiger partial charge on any atom is -0.460 e. The highest BCUT2D eigenvalue weighted by molar-refractivity contribution is 9.09. The zero-order valence-electron chi connectivity index (χ0n) is 19.2. The average molecular weight is 544 g/mol. The fourth-order valence-corrected chi connectivity index (χ4v) is 4.97. The van der Waals surface area contributed by atoms with Crippen molar-refractivity contribution in [1.29, 1.82) is 0 Å². The number of alkyl halides is 1. The van der Waals surface area contributed by atoms with Gasteiger partial charge in [-0.15, -0.1) is 0 Å². The first-order valence-corrected chi connectivity index (χ1v) is 13.2. The number of benzene rings is 3. The monoisotopic (exact) mass is 543 g/mol. The highest BCUT2D eigenvalue weighted by Gasteiger charge is 2.24. The molecule has 0 fully saturated rings. The van der Waals surface area contributed by atoms with E-state index >= 15 is 0 Å². The van der Waals surface area contributed by atoms with Crippen molar-refractivity contribution in [1.82, 2.24) is 0 Å². The van der Waals surface area contributed by atoms with Crippen LogP contribution >= 0.6 is 15.9 Å². The molecule has 0 saturated heterocycles. The minimum atomic E-state index is -3.84. The first-order valence-electron chi connectivity index (χ1n) is 10.6. The summed E-state index contributed by atoms with van der Waals surface area (Å²) in [6, 6.07) is 20.3. The van der Waals surface area contributed by atoms with E-state index in [9.17, 15) is 18.0 Å². The molecule has 0 unspecified atom stereocenters. The molecule has 1 N–H and O–H groups in total. The van der Waals surface area contributed by atoms with Gasteiger partial charge in [-0.1, -0.05) is 58.4 Å². The maximum atomic E-state index is 13.3. The molecular weight excluding hydrogens is 518 g/mol. The third kappa shape index (κ3) is 6.55. The van der Waals surface area contributed by atoms with Crippen LogP contribution in [0.25, 0.3) is 11.1 Å². The molecule has 3 rings (SSSR count). The summed E-state index contributed by atoms with van der Waals surface area (Å²) in [5.41, 5.74) is 2.12. The van der Waals surface area contributed by atoms with Gasteiger partial charge in [0, 0.05) is 5.69 Å². The number of hydrogen-bond acceptors (Lipinski definition) is 5. The van der Waals surface area contributed by atoms with Crippen molar-refractivity contribution in [2.45, 2.75) is 42.6 Å². The summed E-state index contributed by atoms with van der Waals surface area (Å²) >= 11 is 3.11. The molecule has 0 heterocycles. The fraction of sp³-hybridized carbons (Fsp3) is 0.231. The van der Waals surface area contributed by atoms with E-state index in [1.54, 1.807) is 75.4 Å². The number of ether oxygens (including phenoxy) is 1. The first kappa shape index (κ1) is 25.6. The number of amides is 1. The lowest BCUT2D eigenvalue weighted by molar-refractivity contribution is -0.153. The number of rotatable bonds is 7. The van der Waals surface area contributed by atoms with Gasteiger partial charge in [0.25, 0.3) is 0 Å². The fourth-order valence-electron chi connectivity index (χ4n) is 3.34. The van der Waals surface area contributed by atoms with Crippen molar-refractivity contribution in [2.75, 3.05) is 10.6 Å². The van der Waals surface area contributed by atoms with Gasteiger partial charge in [-0.3, -0.25) is 9.59 Å². The molecule has 0 bridgehead atoms. The van der Waals surface area contributed by atoms with E-state index in [1.807, 2.05) is 12.1 Å². The van der Waals surface area contributed by atoms with Gasteiger partial charge in [-0.2, -0.15) is 0 Å². The third-order valence-corrected chi connectivity index (χ3v) is 7.18. The van der Waals surface area contributed by atoms with Crippen LogP contribution in [0.3, 0.4) is 0 Å². The molecular formula is C26H26BrNO5S. The zero-order chi connectivity index (χ0) is 24.9. The van der Waals surface area contributed by atoms with Crippen LogP contribution in [-0.4, -0.2) is 31.2 Å². The topological polar surface area (TPSA) is 89.5 Å². The summed E-state index contributed by atoms with van der Waals surface area (Å²) in [6.45, 7) is 5.30. The van der Waals surface area contributed by atoms with Gasteiger partial charge in [-0.25, -0.2) is 8.42 Å². The molecule has 0 aliphatic rings. The van der Waals surface area contributed by atoms with E-state index in [0.717, 1.165) is 11.1 Å². The molecule has 178 valence electrons. The van der Waals surface area contributed by atoms with Crippen molar-refractivity contribution in [3.8, 4) is 11.1 Å². The van der Waals surface area contributed by atoms with E-state index in [4.69, 9.17) is 4.74 Å². The van der Waals surface area contributed by atoms with Gasteiger partial charge >= 0.3 is 5.97 Å². The molecule has 1 amide bonds. The van der Waals surface area contributed by atoms with E-state index in [1.165, 1.54) is 6.07 Å². The Morgan fingerprint density at radius 3 is 2.00 bits per heavy atom. The normalized spacial score (nSPS) is 11.6. The van der Waals surface area contributed by atoms with Gasteiger partial charge in [0.1, 0.15) is 5.60 Å². The summed E-state index contributed by atoms with van der Waals surface area (Å²) in [5, 5.41) is 2.96. The van der Waals surface area contributed by atoms with E-state index < -0.39 is 21.4 Å². The van der Waals surface area contributed by atoms with Crippen molar-refractivity contribution >= 4 is 43.3 Å². The molecule has 8 heteroatoms. The molecule has 0 aromatic heterocycles. The molecule has 0 spiro atoms. The summed E-state index contributed by atoms with van der Waals surface area (Å²) < 4.78 is 32.1. The molecule has 0 atom stereocenters. The lowest BCUT2D eigenvalue weighted by Gasteiger charge is -2.20. The number of carbonyl (C=O) groups is 2. The second-order valence-corrected chi connectivity index (χ2v) is 11.1. The maximum absolute atomic E-state index is 13.3. The van der Waals surface area contributed by atoms with Crippen LogP contribution in [0.1, 0.15) is 26.3 Å². The number of halogens is 1. The number of nitrogens with one attached hydrogen (secondary N) is 1. The van der Waals surface area contributed by atoms with Crippen molar-refractivity contribution in [2.24, 2.45) is 0 Å². The van der Waals surface area contributed by atoms with E-state index in [-0.39, 0.29) is 27.4 Å². The van der Waals surface area contributed by atoms with Crippen LogP contribution in [0.2, 0.25) is 0 Å². The summed E-state index contributed by atoms with van der Waals surface area (Å²) in [6.07, 6.45) is -0.136. The van der Waals surface area contributed by atoms with Crippen LogP contribution in [0.5, 0.6) is 0 Å². The predicted octanol–water partition coefficient (Wildman–Crippen LogP) is 5.40. The van der Waals surface area contributed by atoms with Crippen LogP contribution in [0.15, 0.2) is 82.6 Å². The van der Waals surface area contributed by atoms with Gasteiger partial charge in [0.15, 0.2) is 0 Å². The van der Waals surface area contributed by atoms with Crippen LogP contribution in [0, 0.1) is 0 Å². The van der Waals surface area contributed by atoms with Crippen molar-refractivity contribution < 1.29 is 22.7 Å². The molecule has 0 saturated carbocycles. The van der Waals surface area contributed by atoms with Crippen LogP contribution in [-0.2, 0) is 30.6 Å². The largest absolute Gasteiger partial charge is 0.460 e. The highest BCUT2D eigenvalue weighted by atomic mass is 79.9. The second-order valence-electron chi connectivity index (χ2n) is 8.66. The first-order chi connectivity index (χ1) is 16.0. The Kier molecular flexibility index (Phi) is 7.94. The zero-order valence-corrected chi connectivity index (χ0v) is 21.6. The van der Waals surface area contributed by atoms with Gasteiger partial charge in [0.2, 0.25) is 15.7 Å². The Hall–Kier alpha value is -2.97. The minimum absolute atomic E-state index is 0.0838. The summed E-state index contributed by atoms with van der Waals surface area (Å²) in [5.74, 6) is -0.629. The number of hydrogen-bond donors (Lipinski definition) is 1. The Morgan fingerprint density at radius 2 is 1.44 bits per heavy atom. The lowest BCUT2D eigenvalue weighted by atomic mass is 10.1. The van der Waals surface area contributed by atoms with Crippen LogP contribution < -0.4 is 5.32 Å². The predicted molar refractivity (Wildman–Crippen MR) is 136 cm³/mol. The Balaban J connectivity index is 1.83. The summed E-state index contributed by atoms with van der Waals surface area (Å²) in [7, 11) is -3.84. The Morgan fingerprint density at radius 1 is 0.882 bits per heavy atom. The number of carbonyl (C=O) groups excluding carboxylic acids is 2. The van der Waals surface area contributed by atoms with Crippen molar-refractivity contribution in [3.63, 3.8) is 0 Å².